The summed E-state index contributed by atoms with van der Waals surface area (Å²) in [5.74, 6) is 1.01. The highest BCUT2D eigenvalue weighted by atomic mass is 15.3. The molecule has 1 heterocycles. The molecule has 0 fully saturated rings. The van der Waals surface area contributed by atoms with Crippen molar-refractivity contribution in [2.24, 2.45) is 4.99 Å². The third-order valence-electron chi connectivity index (χ3n) is 11.5. The molecule has 258 valence electrons. The Labute approximate surface area is 320 Å². The van der Waals surface area contributed by atoms with Gasteiger partial charge in [0.15, 0.2) is 0 Å². The number of anilines is 1. The first-order valence-electron chi connectivity index (χ1n) is 19.1. The molecule has 0 saturated heterocycles. The molecular weight excluding hydrogens is 665 g/mol. The van der Waals surface area contributed by atoms with Gasteiger partial charge in [0.1, 0.15) is 5.84 Å². The Kier molecular flexibility index (Phi) is 7.34. The van der Waals surface area contributed by atoms with E-state index in [2.05, 4.69) is 211 Å². The number of benzene rings is 9. The third kappa shape index (κ3) is 5.29. The van der Waals surface area contributed by atoms with Crippen LogP contribution in [0, 0.1) is 0 Å². The smallest absolute Gasteiger partial charge is 0.136 e. The van der Waals surface area contributed by atoms with Crippen molar-refractivity contribution in [2.75, 3.05) is 4.90 Å². The van der Waals surface area contributed by atoms with Gasteiger partial charge in [-0.05, 0) is 107 Å². The molecule has 2 unspecified atom stereocenters. The van der Waals surface area contributed by atoms with E-state index in [1.54, 1.807) is 0 Å². The minimum absolute atomic E-state index is 0.0977. The molecule has 2 nitrogen and oxygen atoms in total. The number of hydrogen-bond acceptors (Lipinski definition) is 2. The van der Waals surface area contributed by atoms with Crippen LogP contribution in [0.3, 0.4) is 0 Å². The summed E-state index contributed by atoms with van der Waals surface area (Å²) in [4.78, 5) is 7.62. The average Bonchev–Trinajstić information content (AvgIpc) is 3.65. The average molecular weight is 701 g/mol. The number of fused-ring (bicyclic) bond motifs is 5. The van der Waals surface area contributed by atoms with Crippen molar-refractivity contribution in [2.45, 2.75) is 12.1 Å². The largest absolute Gasteiger partial charge is 0.317 e. The van der Waals surface area contributed by atoms with Crippen molar-refractivity contribution in [3.05, 3.63) is 212 Å². The summed E-state index contributed by atoms with van der Waals surface area (Å²) >= 11 is 0. The maximum Gasteiger partial charge on any atom is 0.136 e. The molecule has 55 heavy (non-hydrogen) atoms. The first-order chi connectivity index (χ1) is 27.3. The Balaban J connectivity index is 1.10. The second kappa shape index (κ2) is 12.8. The molecule has 2 aliphatic rings. The summed E-state index contributed by atoms with van der Waals surface area (Å²) in [6.45, 7) is 0. The Morgan fingerprint density at radius 3 is 1.55 bits per heavy atom. The zero-order chi connectivity index (χ0) is 36.3. The van der Waals surface area contributed by atoms with Gasteiger partial charge < -0.3 is 4.90 Å². The summed E-state index contributed by atoms with van der Waals surface area (Å²) in [6.07, 6.45) is 8.72. The Hall–Kier alpha value is -7.03. The van der Waals surface area contributed by atoms with E-state index in [4.69, 9.17) is 4.99 Å². The van der Waals surface area contributed by atoms with Crippen LogP contribution in [0.25, 0.3) is 76.5 Å². The fourth-order valence-electron chi connectivity index (χ4n) is 8.86. The number of allylic oxidation sites excluding steroid dienone is 2. The monoisotopic (exact) mass is 700 g/mol. The molecule has 1 aliphatic heterocycles. The minimum atomic E-state index is 0.0977. The number of aliphatic imine (C=N–C) groups is 1. The van der Waals surface area contributed by atoms with E-state index in [-0.39, 0.29) is 12.1 Å². The van der Waals surface area contributed by atoms with Crippen LogP contribution in [0.4, 0.5) is 5.69 Å². The van der Waals surface area contributed by atoms with E-state index in [9.17, 15) is 0 Å². The summed E-state index contributed by atoms with van der Waals surface area (Å²) < 4.78 is 0. The number of nitrogens with zero attached hydrogens (tertiary/aromatic N) is 2. The lowest BCUT2D eigenvalue weighted by Crippen LogP contribution is -2.39. The lowest BCUT2D eigenvalue weighted by atomic mass is 9.84. The van der Waals surface area contributed by atoms with Crippen molar-refractivity contribution in [1.29, 1.82) is 0 Å². The van der Waals surface area contributed by atoms with Crippen molar-refractivity contribution >= 4 is 54.6 Å². The van der Waals surface area contributed by atoms with Gasteiger partial charge in [-0.3, -0.25) is 4.99 Å². The molecule has 0 radical (unpaired) electrons. The van der Waals surface area contributed by atoms with Gasteiger partial charge in [-0.25, -0.2) is 0 Å². The number of amidine groups is 1. The minimum Gasteiger partial charge on any atom is -0.317 e. The SMILES string of the molecule is C1=CC2N=C(c3ccc(-c4ccc5c(-c6ccc7ccccc7c6)c6ccccc6c(-c6ccc7ccccc7c6)c5c4)cc3)N(c3ccccc3)C2C=C1. The topological polar surface area (TPSA) is 15.6 Å². The lowest BCUT2D eigenvalue weighted by Gasteiger charge is -2.29. The molecular formula is C53H36N2. The van der Waals surface area contributed by atoms with E-state index in [1.165, 1.54) is 76.5 Å². The molecule has 0 bridgehead atoms. The van der Waals surface area contributed by atoms with Crippen molar-refractivity contribution < 1.29 is 0 Å². The van der Waals surface area contributed by atoms with Gasteiger partial charge >= 0.3 is 0 Å². The van der Waals surface area contributed by atoms with Crippen molar-refractivity contribution in [3.63, 3.8) is 0 Å². The Morgan fingerprint density at radius 1 is 0.364 bits per heavy atom. The highest BCUT2D eigenvalue weighted by molar-refractivity contribution is 6.22. The first-order valence-corrected chi connectivity index (χ1v) is 19.1. The van der Waals surface area contributed by atoms with E-state index in [0.717, 1.165) is 17.1 Å². The number of rotatable bonds is 5. The first kappa shape index (κ1) is 31.5. The molecule has 1 aliphatic carbocycles. The van der Waals surface area contributed by atoms with Crippen LogP contribution in [0.2, 0.25) is 0 Å². The van der Waals surface area contributed by atoms with Gasteiger partial charge in [0.2, 0.25) is 0 Å². The Bertz CT molecular complexity index is 3040. The van der Waals surface area contributed by atoms with Crippen LogP contribution in [-0.4, -0.2) is 17.9 Å². The van der Waals surface area contributed by atoms with Crippen LogP contribution in [0.5, 0.6) is 0 Å². The zero-order valence-corrected chi connectivity index (χ0v) is 30.2. The summed E-state index contributed by atoms with van der Waals surface area (Å²) in [7, 11) is 0. The summed E-state index contributed by atoms with van der Waals surface area (Å²) in [5, 5.41) is 10.0. The van der Waals surface area contributed by atoms with Crippen molar-refractivity contribution in [1.82, 2.24) is 0 Å². The number of para-hydroxylation sites is 1. The fraction of sp³-hybridized carbons (Fsp3) is 0.0377. The normalized spacial score (nSPS) is 16.3. The maximum atomic E-state index is 5.24. The predicted molar refractivity (Wildman–Crippen MR) is 234 cm³/mol. The van der Waals surface area contributed by atoms with Crippen LogP contribution in [-0.2, 0) is 0 Å². The molecule has 11 rings (SSSR count). The van der Waals surface area contributed by atoms with E-state index in [1.807, 2.05) is 0 Å². The van der Waals surface area contributed by atoms with Gasteiger partial charge in [0.25, 0.3) is 0 Å². The van der Waals surface area contributed by atoms with Crippen LogP contribution < -0.4 is 4.90 Å². The Morgan fingerprint density at radius 2 is 0.873 bits per heavy atom. The third-order valence-corrected chi connectivity index (χ3v) is 11.5. The maximum absolute atomic E-state index is 5.24. The predicted octanol–water partition coefficient (Wildman–Crippen LogP) is 13.4. The molecule has 9 aromatic rings. The molecule has 2 atom stereocenters. The van der Waals surface area contributed by atoms with Crippen LogP contribution >= 0.6 is 0 Å². The molecule has 0 saturated carbocycles. The summed E-state index contributed by atoms with van der Waals surface area (Å²) in [5.41, 5.74) is 9.63. The van der Waals surface area contributed by atoms with Gasteiger partial charge in [-0.2, -0.15) is 0 Å². The molecule has 2 heteroatoms. The van der Waals surface area contributed by atoms with E-state index in [0.29, 0.717) is 0 Å². The molecule has 0 spiro atoms. The molecule has 0 N–H and O–H groups in total. The van der Waals surface area contributed by atoms with Gasteiger partial charge in [0.05, 0.1) is 12.1 Å². The molecule has 0 aromatic heterocycles. The molecule has 0 amide bonds. The fourth-order valence-corrected chi connectivity index (χ4v) is 8.86. The van der Waals surface area contributed by atoms with Gasteiger partial charge in [0, 0.05) is 11.3 Å². The van der Waals surface area contributed by atoms with E-state index >= 15 is 0 Å². The zero-order valence-electron chi connectivity index (χ0n) is 30.2. The molecule has 9 aromatic carbocycles. The van der Waals surface area contributed by atoms with E-state index < -0.39 is 0 Å². The summed E-state index contributed by atoms with van der Waals surface area (Å²) in [6, 6.07) is 67.0. The second-order valence-electron chi connectivity index (χ2n) is 14.7. The van der Waals surface area contributed by atoms with Gasteiger partial charge in [-0.1, -0.05) is 176 Å². The highest BCUT2D eigenvalue weighted by Gasteiger charge is 2.35. The standard InChI is InChI=1S/C53H36N2/c1-2-16-44(17-3-1)55-50-21-11-10-20-49(50)54-53(55)38-26-22-37(23-27-38)41-30-31-47-48(34-41)52(43-29-25-36-13-5-7-15-40(36)33-43)46-19-9-8-18-45(46)51(47)42-28-24-35-12-4-6-14-39(35)32-42/h1-34,49-50H. The second-order valence-corrected chi connectivity index (χ2v) is 14.7. The quantitative estimate of drug-likeness (QED) is 0.163. The van der Waals surface area contributed by atoms with Crippen molar-refractivity contribution in [3.8, 4) is 33.4 Å². The lowest BCUT2D eigenvalue weighted by molar-refractivity contribution is 0.739. The van der Waals surface area contributed by atoms with Crippen LogP contribution in [0.1, 0.15) is 5.56 Å². The highest BCUT2D eigenvalue weighted by Crippen LogP contribution is 2.46. The van der Waals surface area contributed by atoms with Gasteiger partial charge in [-0.15, -0.1) is 0 Å². The number of hydrogen-bond donors (Lipinski definition) is 0. The van der Waals surface area contributed by atoms with Crippen LogP contribution in [0.15, 0.2) is 211 Å².